The Hall–Kier alpha value is -2.87. The van der Waals surface area contributed by atoms with Crippen LogP contribution in [0.15, 0.2) is 36.4 Å². The Labute approximate surface area is 183 Å². The normalized spacial score (nSPS) is 24.1. The van der Waals surface area contributed by atoms with E-state index in [0.717, 1.165) is 11.6 Å². The molecule has 3 amide bonds. The number of carbonyl (C=O) groups excluding carboxylic acids is 2. The molecule has 0 radical (unpaired) electrons. The molecule has 1 saturated heterocycles. The zero-order chi connectivity index (χ0) is 22.3. The highest BCUT2D eigenvalue weighted by Crippen LogP contribution is 2.46. The maximum Gasteiger partial charge on any atom is 0.315 e. The van der Waals surface area contributed by atoms with Gasteiger partial charge in [0, 0.05) is 24.9 Å². The van der Waals surface area contributed by atoms with Crippen LogP contribution in [0.3, 0.4) is 0 Å². The molecule has 0 aliphatic carbocycles. The smallest absolute Gasteiger partial charge is 0.315 e. The van der Waals surface area contributed by atoms with Crippen molar-refractivity contribution in [3.63, 3.8) is 0 Å². The van der Waals surface area contributed by atoms with E-state index in [2.05, 4.69) is 5.32 Å². The van der Waals surface area contributed by atoms with Crippen LogP contribution in [-0.2, 0) is 11.2 Å². The van der Waals surface area contributed by atoms with Crippen molar-refractivity contribution in [1.29, 1.82) is 0 Å². The second kappa shape index (κ2) is 8.00. The lowest BCUT2D eigenvalue weighted by Crippen LogP contribution is -2.69. The van der Waals surface area contributed by atoms with Gasteiger partial charge in [-0.2, -0.15) is 0 Å². The monoisotopic (exact) mass is 449 g/mol. The molecule has 2 aliphatic heterocycles. The predicted molar refractivity (Wildman–Crippen MR) is 111 cm³/mol. The summed E-state index contributed by atoms with van der Waals surface area (Å²) in [4.78, 5) is 26.7. The van der Waals surface area contributed by atoms with Crippen LogP contribution in [0.25, 0.3) is 0 Å². The molecule has 0 saturated carbocycles. The first-order valence-corrected chi connectivity index (χ1v) is 10.3. The Bertz CT molecular complexity index is 1050. The van der Waals surface area contributed by atoms with E-state index in [1.165, 1.54) is 11.0 Å². The average Bonchev–Trinajstić information content (AvgIpc) is 2.75. The van der Waals surface area contributed by atoms with Gasteiger partial charge in [-0.05, 0) is 36.6 Å². The van der Waals surface area contributed by atoms with Crippen molar-refractivity contribution in [2.24, 2.45) is 11.7 Å². The molecule has 0 aromatic heterocycles. The van der Waals surface area contributed by atoms with E-state index >= 15 is 4.39 Å². The van der Waals surface area contributed by atoms with Crippen LogP contribution in [0.4, 0.5) is 13.6 Å². The number of rotatable bonds is 3. The number of amides is 3. The van der Waals surface area contributed by atoms with Crippen LogP contribution >= 0.6 is 11.6 Å². The van der Waals surface area contributed by atoms with Gasteiger partial charge in [-0.25, -0.2) is 13.6 Å². The lowest BCUT2D eigenvalue weighted by Gasteiger charge is -2.50. The van der Waals surface area contributed by atoms with E-state index in [1.54, 1.807) is 6.92 Å². The molecule has 3 N–H and O–H groups in total. The summed E-state index contributed by atoms with van der Waals surface area (Å²) in [6, 6.07) is 8.97. The molecule has 1 fully saturated rings. The largest absolute Gasteiger partial charge is 0.493 e. The van der Waals surface area contributed by atoms with E-state index in [4.69, 9.17) is 22.1 Å². The number of hydrogen-bond donors (Lipinski definition) is 2. The molecule has 2 aromatic carbocycles. The Morgan fingerprint density at radius 3 is 2.81 bits per heavy atom. The zero-order valence-electron chi connectivity index (χ0n) is 16.8. The highest BCUT2D eigenvalue weighted by Gasteiger charge is 2.54. The summed E-state index contributed by atoms with van der Waals surface area (Å²) in [5.41, 5.74) is 5.00. The number of primary amides is 1. The summed E-state index contributed by atoms with van der Waals surface area (Å²) < 4.78 is 35.1. The SMILES string of the molecule is CC1([C@@H](c2ccc(F)c(Cl)c2F)[C@@H]2COc3ccccc3C2)C(=O)NCCN1C(N)=O. The number of nitrogens with zero attached hydrogens (tertiary/aromatic N) is 1. The third-order valence-electron chi connectivity index (χ3n) is 6.29. The number of hydrogen-bond acceptors (Lipinski definition) is 3. The van der Waals surface area contributed by atoms with Crippen LogP contribution in [0.2, 0.25) is 5.02 Å². The van der Waals surface area contributed by atoms with Gasteiger partial charge in [-0.15, -0.1) is 0 Å². The van der Waals surface area contributed by atoms with Gasteiger partial charge < -0.3 is 20.7 Å². The number of piperazine rings is 1. The summed E-state index contributed by atoms with van der Waals surface area (Å²) in [5.74, 6) is -2.94. The molecule has 2 aromatic rings. The highest BCUT2D eigenvalue weighted by molar-refractivity contribution is 6.31. The van der Waals surface area contributed by atoms with E-state index in [9.17, 15) is 14.0 Å². The van der Waals surface area contributed by atoms with Crippen molar-refractivity contribution < 1.29 is 23.1 Å². The second-order valence-electron chi connectivity index (χ2n) is 8.02. The van der Waals surface area contributed by atoms with Gasteiger partial charge in [0.05, 0.1) is 6.61 Å². The zero-order valence-corrected chi connectivity index (χ0v) is 17.6. The summed E-state index contributed by atoms with van der Waals surface area (Å²) >= 11 is 5.88. The Kier molecular flexibility index (Phi) is 5.51. The van der Waals surface area contributed by atoms with Gasteiger partial charge in [0.15, 0.2) is 0 Å². The number of nitrogens with one attached hydrogen (secondary N) is 1. The summed E-state index contributed by atoms with van der Waals surface area (Å²) in [6.45, 7) is 2.11. The summed E-state index contributed by atoms with van der Waals surface area (Å²) in [7, 11) is 0. The number of fused-ring (bicyclic) bond motifs is 1. The Morgan fingerprint density at radius 1 is 1.32 bits per heavy atom. The van der Waals surface area contributed by atoms with Gasteiger partial charge in [0.2, 0.25) is 5.91 Å². The fourth-order valence-electron chi connectivity index (χ4n) is 4.83. The highest BCUT2D eigenvalue weighted by atomic mass is 35.5. The van der Waals surface area contributed by atoms with Gasteiger partial charge in [0.25, 0.3) is 0 Å². The first-order chi connectivity index (χ1) is 14.7. The van der Waals surface area contributed by atoms with Crippen molar-refractivity contribution in [3.05, 3.63) is 64.2 Å². The minimum absolute atomic E-state index is 0.0326. The van der Waals surface area contributed by atoms with E-state index in [-0.39, 0.29) is 25.3 Å². The summed E-state index contributed by atoms with van der Waals surface area (Å²) in [6.07, 6.45) is 0.463. The number of nitrogens with two attached hydrogens (primary N) is 1. The molecule has 0 bridgehead atoms. The van der Waals surface area contributed by atoms with Crippen LogP contribution in [0.5, 0.6) is 5.75 Å². The topological polar surface area (TPSA) is 84.7 Å². The van der Waals surface area contributed by atoms with E-state index < -0.39 is 46.0 Å². The van der Waals surface area contributed by atoms with Gasteiger partial charge in [-0.3, -0.25) is 4.79 Å². The first kappa shape index (κ1) is 21.4. The molecule has 164 valence electrons. The van der Waals surface area contributed by atoms with Crippen LogP contribution in [-0.4, -0.2) is 42.1 Å². The molecule has 1 unspecified atom stereocenters. The van der Waals surface area contributed by atoms with E-state index in [1.807, 2.05) is 24.3 Å². The van der Waals surface area contributed by atoms with Crippen molar-refractivity contribution in [3.8, 4) is 5.75 Å². The minimum atomic E-state index is -1.54. The summed E-state index contributed by atoms with van der Waals surface area (Å²) in [5, 5.41) is 2.09. The second-order valence-corrected chi connectivity index (χ2v) is 8.40. The number of ether oxygens (including phenoxy) is 1. The Balaban J connectivity index is 1.89. The minimum Gasteiger partial charge on any atom is -0.493 e. The third-order valence-corrected chi connectivity index (χ3v) is 6.64. The molecular weight excluding hydrogens is 428 g/mol. The lowest BCUT2D eigenvalue weighted by molar-refractivity contribution is -0.136. The van der Waals surface area contributed by atoms with E-state index in [0.29, 0.717) is 12.2 Å². The van der Waals surface area contributed by atoms with Gasteiger partial charge >= 0.3 is 6.03 Å². The number of benzene rings is 2. The van der Waals surface area contributed by atoms with Crippen molar-refractivity contribution >= 4 is 23.5 Å². The van der Waals surface area contributed by atoms with Crippen LogP contribution < -0.4 is 15.8 Å². The predicted octanol–water partition coefficient (Wildman–Crippen LogP) is 3.22. The quantitative estimate of drug-likeness (QED) is 0.705. The van der Waals surface area contributed by atoms with Crippen molar-refractivity contribution in [2.45, 2.75) is 24.8 Å². The number of halogens is 3. The fourth-order valence-corrected chi connectivity index (χ4v) is 5.00. The van der Waals surface area contributed by atoms with Crippen molar-refractivity contribution in [1.82, 2.24) is 10.2 Å². The van der Waals surface area contributed by atoms with Crippen LogP contribution in [0, 0.1) is 17.6 Å². The number of urea groups is 1. The first-order valence-electron chi connectivity index (χ1n) is 9.94. The molecule has 0 spiro atoms. The van der Waals surface area contributed by atoms with Gasteiger partial charge in [-0.1, -0.05) is 35.9 Å². The lowest BCUT2D eigenvalue weighted by atomic mass is 9.68. The number of para-hydroxylation sites is 1. The molecule has 31 heavy (non-hydrogen) atoms. The molecule has 4 rings (SSSR count). The third kappa shape index (κ3) is 3.48. The number of carbonyl (C=O) groups is 2. The molecule has 2 heterocycles. The van der Waals surface area contributed by atoms with Gasteiger partial charge in [0.1, 0.15) is 27.9 Å². The molecule has 9 heteroatoms. The molecule has 6 nitrogen and oxygen atoms in total. The maximum absolute atomic E-state index is 15.3. The van der Waals surface area contributed by atoms with Crippen LogP contribution in [0.1, 0.15) is 24.0 Å². The Morgan fingerprint density at radius 2 is 2.06 bits per heavy atom. The maximum atomic E-state index is 15.3. The molecule has 3 atom stereocenters. The standard InChI is InChI=1S/C22H22ClF2N3O3/c1-22(20(29)27-8-9-28(22)21(26)30)17(14-6-7-15(24)18(23)19(14)25)13-10-12-4-2-3-5-16(12)31-11-13/h2-7,13,17H,8-11H2,1H3,(H2,26,30)(H,27,29)/t13-,17+,22?/m0/s1. The molecule has 2 aliphatic rings. The fraction of sp³-hybridized carbons (Fsp3) is 0.364. The molecular formula is C22H22ClF2N3O3. The average molecular weight is 450 g/mol. The van der Waals surface area contributed by atoms with Crippen molar-refractivity contribution in [2.75, 3.05) is 19.7 Å².